The van der Waals surface area contributed by atoms with E-state index in [0.717, 1.165) is 0 Å². The molecule has 1 heteroatoms. The second-order valence-corrected chi connectivity index (χ2v) is 2.67. The van der Waals surface area contributed by atoms with Crippen LogP contribution in [0.25, 0.3) is 0 Å². The first-order chi connectivity index (χ1) is 4.18. The molecular formula is C9H12W. The fraction of sp³-hybridized carbons (Fsp3) is 0.333. The predicted octanol–water partition coefficient (Wildman–Crippen LogP) is 2.61. The van der Waals surface area contributed by atoms with E-state index in [0.29, 0.717) is 0 Å². The summed E-state index contributed by atoms with van der Waals surface area (Å²) < 4.78 is 0. The van der Waals surface area contributed by atoms with Crippen LogP contribution >= 0.6 is 0 Å². The molecular weight excluding hydrogens is 292 g/mol. The monoisotopic (exact) mass is 304 g/mol. The molecule has 0 aromatic heterocycles. The van der Waals surface area contributed by atoms with E-state index in [1.54, 1.807) is 0 Å². The maximum Gasteiger partial charge on any atom is 0 e. The zero-order valence-electron chi connectivity index (χ0n) is 6.64. The van der Waals surface area contributed by atoms with Crippen molar-refractivity contribution in [1.82, 2.24) is 0 Å². The van der Waals surface area contributed by atoms with Gasteiger partial charge in [0, 0.05) is 21.1 Å². The summed E-state index contributed by atoms with van der Waals surface area (Å²) in [6.07, 6.45) is 0. The van der Waals surface area contributed by atoms with E-state index in [1.807, 2.05) is 0 Å². The van der Waals surface area contributed by atoms with Crippen LogP contribution in [0.5, 0.6) is 0 Å². The van der Waals surface area contributed by atoms with E-state index >= 15 is 0 Å². The second kappa shape index (κ2) is 3.93. The SMILES string of the molecule is Cc1cc(C)cc(C)c1.[W]. The molecule has 0 heterocycles. The second-order valence-electron chi connectivity index (χ2n) is 2.67. The van der Waals surface area contributed by atoms with Crippen LogP contribution in [-0.4, -0.2) is 0 Å². The van der Waals surface area contributed by atoms with Crippen molar-refractivity contribution in [3.63, 3.8) is 0 Å². The van der Waals surface area contributed by atoms with Crippen molar-refractivity contribution in [3.8, 4) is 0 Å². The van der Waals surface area contributed by atoms with Crippen LogP contribution < -0.4 is 0 Å². The van der Waals surface area contributed by atoms with Gasteiger partial charge < -0.3 is 0 Å². The molecule has 1 rings (SSSR count). The van der Waals surface area contributed by atoms with Gasteiger partial charge in [-0.25, -0.2) is 0 Å². The summed E-state index contributed by atoms with van der Waals surface area (Å²) in [7, 11) is 0. The molecule has 0 nitrogen and oxygen atoms in total. The molecule has 0 unspecified atom stereocenters. The molecule has 0 bridgehead atoms. The standard InChI is InChI=1S/C9H12.W/c1-7-4-8(2)6-9(3)5-7;/h4-6H,1-3H3;. The Morgan fingerprint density at radius 2 is 0.900 bits per heavy atom. The molecule has 0 amide bonds. The van der Waals surface area contributed by atoms with Crippen molar-refractivity contribution in [2.75, 3.05) is 0 Å². The van der Waals surface area contributed by atoms with Crippen molar-refractivity contribution < 1.29 is 21.1 Å². The Kier molecular flexibility index (Phi) is 3.89. The normalized spacial score (nSPS) is 8.70. The van der Waals surface area contributed by atoms with Crippen molar-refractivity contribution in [1.29, 1.82) is 0 Å². The van der Waals surface area contributed by atoms with Crippen LogP contribution in [0.15, 0.2) is 18.2 Å². The van der Waals surface area contributed by atoms with Gasteiger partial charge >= 0.3 is 0 Å². The summed E-state index contributed by atoms with van der Waals surface area (Å²) in [6, 6.07) is 6.56. The fourth-order valence-electron chi connectivity index (χ4n) is 1.20. The van der Waals surface area contributed by atoms with E-state index in [4.69, 9.17) is 0 Å². The summed E-state index contributed by atoms with van der Waals surface area (Å²) >= 11 is 0. The van der Waals surface area contributed by atoms with E-state index in [-0.39, 0.29) is 21.1 Å². The summed E-state index contributed by atoms with van der Waals surface area (Å²) in [5, 5.41) is 0. The van der Waals surface area contributed by atoms with Crippen molar-refractivity contribution in [2.24, 2.45) is 0 Å². The van der Waals surface area contributed by atoms with Crippen molar-refractivity contribution in [2.45, 2.75) is 20.8 Å². The molecule has 0 fully saturated rings. The zero-order chi connectivity index (χ0) is 6.85. The fourth-order valence-corrected chi connectivity index (χ4v) is 1.20. The maximum atomic E-state index is 2.19. The van der Waals surface area contributed by atoms with Gasteiger partial charge in [0.25, 0.3) is 0 Å². The zero-order valence-corrected chi connectivity index (χ0v) is 9.57. The summed E-state index contributed by atoms with van der Waals surface area (Å²) in [5.41, 5.74) is 4.06. The molecule has 0 atom stereocenters. The van der Waals surface area contributed by atoms with Crippen LogP contribution in [-0.2, 0) is 21.1 Å². The average Bonchev–Trinajstić information content (AvgIpc) is 1.59. The smallest absolute Gasteiger partial charge is 0 e. The van der Waals surface area contributed by atoms with Crippen LogP contribution in [0.3, 0.4) is 0 Å². The number of aryl methyl sites for hydroxylation is 3. The molecule has 10 heavy (non-hydrogen) atoms. The van der Waals surface area contributed by atoms with Gasteiger partial charge in [-0.05, 0) is 20.8 Å². The third-order valence-electron chi connectivity index (χ3n) is 1.37. The van der Waals surface area contributed by atoms with Gasteiger partial charge in [-0.15, -0.1) is 0 Å². The molecule has 54 valence electrons. The topological polar surface area (TPSA) is 0 Å². The minimum absolute atomic E-state index is 0. The first-order valence-corrected chi connectivity index (χ1v) is 3.23. The Balaban J connectivity index is 0.000000810. The number of hydrogen-bond donors (Lipinski definition) is 0. The minimum atomic E-state index is 0. The van der Waals surface area contributed by atoms with Crippen molar-refractivity contribution in [3.05, 3.63) is 34.9 Å². The molecule has 0 aliphatic carbocycles. The van der Waals surface area contributed by atoms with Crippen LogP contribution in [0.4, 0.5) is 0 Å². The van der Waals surface area contributed by atoms with Gasteiger partial charge in [-0.1, -0.05) is 34.9 Å². The average molecular weight is 304 g/mol. The summed E-state index contributed by atoms with van der Waals surface area (Å²) in [6.45, 7) is 6.38. The molecule has 0 radical (unpaired) electrons. The van der Waals surface area contributed by atoms with Gasteiger partial charge in [0.2, 0.25) is 0 Å². The molecule has 1 aromatic rings. The van der Waals surface area contributed by atoms with Crippen LogP contribution in [0.2, 0.25) is 0 Å². The maximum absolute atomic E-state index is 2.19. The predicted molar refractivity (Wildman–Crippen MR) is 40.7 cm³/mol. The quantitative estimate of drug-likeness (QED) is 0.691. The Hall–Kier alpha value is -0.0917. The molecule has 0 saturated heterocycles. The Morgan fingerprint density at radius 1 is 0.700 bits per heavy atom. The van der Waals surface area contributed by atoms with E-state index in [1.165, 1.54) is 16.7 Å². The summed E-state index contributed by atoms with van der Waals surface area (Å²) in [4.78, 5) is 0. The molecule has 0 aliphatic rings. The molecule has 0 N–H and O–H groups in total. The molecule has 0 aliphatic heterocycles. The van der Waals surface area contributed by atoms with Crippen LogP contribution in [0, 0.1) is 20.8 Å². The first kappa shape index (κ1) is 9.91. The largest absolute Gasteiger partial charge is 0.0564 e. The number of benzene rings is 1. The first-order valence-electron chi connectivity index (χ1n) is 3.23. The Bertz CT molecular complexity index is 165. The molecule has 0 spiro atoms. The van der Waals surface area contributed by atoms with Gasteiger partial charge in [-0.3, -0.25) is 0 Å². The van der Waals surface area contributed by atoms with Gasteiger partial charge in [-0.2, -0.15) is 0 Å². The molecule has 0 saturated carbocycles. The Labute approximate surface area is 76.9 Å². The minimum Gasteiger partial charge on any atom is -0.0564 e. The van der Waals surface area contributed by atoms with Gasteiger partial charge in [0.15, 0.2) is 0 Å². The Morgan fingerprint density at radius 3 is 1.10 bits per heavy atom. The van der Waals surface area contributed by atoms with Gasteiger partial charge in [0.1, 0.15) is 0 Å². The third-order valence-corrected chi connectivity index (χ3v) is 1.37. The van der Waals surface area contributed by atoms with E-state index < -0.39 is 0 Å². The van der Waals surface area contributed by atoms with Crippen molar-refractivity contribution >= 4 is 0 Å². The molecule has 1 aromatic carbocycles. The third kappa shape index (κ3) is 2.66. The van der Waals surface area contributed by atoms with E-state index in [9.17, 15) is 0 Å². The summed E-state index contributed by atoms with van der Waals surface area (Å²) in [5.74, 6) is 0. The number of rotatable bonds is 0. The van der Waals surface area contributed by atoms with Gasteiger partial charge in [0.05, 0.1) is 0 Å². The number of hydrogen-bond acceptors (Lipinski definition) is 0. The van der Waals surface area contributed by atoms with Crippen LogP contribution in [0.1, 0.15) is 16.7 Å². The van der Waals surface area contributed by atoms with E-state index in [2.05, 4.69) is 39.0 Å².